The van der Waals surface area contributed by atoms with E-state index >= 15 is 0 Å². The number of amides is 1. The molecule has 0 unspecified atom stereocenters. The molecule has 2 aromatic heterocycles. The first-order chi connectivity index (χ1) is 9.38. The minimum Gasteiger partial charge on any atom is -0.310 e. The van der Waals surface area contributed by atoms with Crippen molar-refractivity contribution in [1.82, 2.24) is 20.2 Å². The molecule has 2 rings (SSSR count). The molecule has 2 aromatic rings. The number of hydrogen-bond donors (Lipinski definition) is 3. The minimum absolute atomic E-state index is 0.146. The number of anilines is 1. The lowest BCUT2D eigenvalue weighted by atomic mass is 10.1. The molecule has 20 heavy (non-hydrogen) atoms. The van der Waals surface area contributed by atoms with E-state index in [9.17, 15) is 9.59 Å². The van der Waals surface area contributed by atoms with Gasteiger partial charge in [0.05, 0.1) is 6.42 Å². The standard InChI is InChI=1S/C13H17N5O2/c1-6-7(2)17-18-12(6)16-11(19)5-10-8(3)14-13(20)15-9(10)4/h5H2,1-4H3,(H,14,15,20)(H2,16,17,18,19). The van der Waals surface area contributed by atoms with Crippen molar-refractivity contribution in [2.24, 2.45) is 0 Å². The van der Waals surface area contributed by atoms with Gasteiger partial charge in [0.15, 0.2) is 5.82 Å². The number of nitrogens with one attached hydrogen (secondary N) is 3. The molecule has 1 amide bonds. The van der Waals surface area contributed by atoms with E-state index in [0.29, 0.717) is 17.2 Å². The summed E-state index contributed by atoms with van der Waals surface area (Å²) in [6.45, 7) is 7.24. The average Bonchev–Trinajstić information content (AvgIpc) is 2.66. The zero-order valence-electron chi connectivity index (χ0n) is 11.9. The molecule has 0 spiro atoms. The SMILES string of the molecule is Cc1nc(=O)[nH]c(C)c1CC(=O)Nc1n[nH]c(C)c1C. The largest absolute Gasteiger partial charge is 0.345 e. The summed E-state index contributed by atoms with van der Waals surface area (Å²) in [6, 6.07) is 0. The van der Waals surface area contributed by atoms with Crippen LogP contribution in [0.3, 0.4) is 0 Å². The van der Waals surface area contributed by atoms with Gasteiger partial charge >= 0.3 is 5.69 Å². The van der Waals surface area contributed by atoms with Crippen molar-refractivity contribution in [3.8, 4) is 0 Å². The molecule has 7 nitrogen and oxygen atoms in total. The molecular formula is C13H17N5O2. The second-order valence-corrected chi connectivity index (χ2v) is 4.78. The molecule has 0 atom stereocenters. The van der Waals surface area contributed by atoms with Crippen molar-refractivity contribution in [2.75, 3.05) is 5.32 Å². The van der Waals surface area contributed by atoms with Crippen LogP contribution in [-0.2, 0) is 11.2 Å². The lowest BCUT2D eigenvalue weighted by molar-refractivity contribution is -0.115. The Labute approximate surface area is 115 Å². The number of H-pyrrole nitrogens is 2. The summed E-state index contributed by atoms with van der Waals surface area (Å²) in [5.41, 5.74) is 3.38. The van der Waals surface area contributed by atoms with Crippen molar-refractivity contribution in [3.05, 3.63) is 38.7 Å². The van der Waals surface area contributed by atoms with Gasteiger partial charge in [-0.05, 0) is 27.7 Å². The van der Waals surface area contributed by atoms with Crippen molar-refractivity contribution in [1.29, 1.82) is 0 Å². The Bertz CT molecular complexity index is 688. The van der Waals surface area contributed by atoms with Gasteiger partial charge in [0.25, 0.3) is 0 Å². The highest BCUT2D eigenvalue weighted by molar-refractivity contribution is 5.92. The van der Waals surface area contributed by atoms with E-state index in [-0.39, 0.29) is 12.3 Å². The van der Waals surface area contributed by atoms with Gasteiger partial charge in [-0.15, -0.1) is 0 Å². The van der Waals surface area contributed by atoms with Crippen molar-refractivity contribution < 1.29 is 4.79 Å². The van der Waals surface area contributed by atoms with Crippen LogP contribution in [0.25, 0.3) is 0 Å². The summed E-state index contributed by atoms with van der Waals surface area (Å²) in [4.78, 5) is 29.7. The van der Waals surface area contributed by atoms with E-state index in [1.165, 1.54) is 0 Å². The monoisotopic (exact) mass is 275 g/mol. The van der Waals surface area contributed by atoms with Crippen LogP contribution in [0.15, 0.2) is 4.79 Å². The van der Waals surface area contributed by atoms with Crippen LogP contribution in [0, 0.1) is 27.7 Å². The van der Waals surface area contributed by atoms with Crippen LogP contribution in [0.5, 0.6) is 0 Å². The highest BCUT2D eigenvalue weighted by atomic mass is 16.2. The molecule has 0 saturated heterocycles. The fourth-order valence-electron chi connectivity index (χ4n) is 1.96. The molecule has 0 radical (unpaired) electrons. The Hall–Kier alpha value is -2.44. The summed E-state index contributed by atoms with van der Waals surface area (Å²) in [7, 11) is 0. The van der Waals surface area contributed by atoms with E-state index in [0.717, 1.165) is 16.8 Å². The second-order valence-electron chi connectivity index (χ2n) is 4.78. The van der Waals surface area contributed by atoms with Crippen LogP contribution in [-0.4, -0.2) is 26.1 Å². The number of nitrogens with zero attached hydrogens (tertiary/aromatic N) is 2. The summed E-state index contributed by atoms with van der Waals surface area (Å²) < 4.78 is 0. The van der Waals surface area contributed by atoms with E-state index in [2.05, 4.69) is 25.5 Å². The summed E-state index contributed by atoms with van der Waals surface area (Å²) >= 11 is 0. The summed E-state index contributed by atoms with van der Waals surface area (Å²) in [5.74, 6) is 0.333. The summed E-state index contributed by atoms with van der Waals surface area (Å²) in [6.07, 6.45) is 0.146. The molecule has 0 aliphatic carbocycles. The minimum atomic E-state index is -0.400. The highest BCUT2D eigenvalue weighted by Crippen LogP contribution is 2.15. The van der Waals surface area contributed by atoms with Crippen LogP contribution in [0.2, 0.25) is 0 Å². The molecule has 0 fully saturated rings. The molecule has 7 heteroatoms. The molecule has 2 heterocycles. The van der Waals surface area contributed by atoms with E-state index < -0.39 is 5.69 Å². The molecule has 0 aliphatic rings. The first-order valence-corrected chi connectivity index (χ1v) is 6.26. The molecule has 106 valence electrons. The van der Waals surface area contributed by atoms with Crippen LogP contribution >= 0.6 is 0 Å². The Morgan fingerprint density at radius 1 is 1.20 bits per heavy atom. The van der Waals surface area contributed by atoms with E-state index in [1.54, 1.807) is 13.8 Å². The van der Waals surface area contributed by atoms with Crippen molar-refractivity contribution >= 4 is 11.7 Å². The number of aromatic nitrogens is 4. The number of rotatable bonds is 3. The third-order valence-electron chi connectivity index (χ3n) is 3.30. The third-order valence-corrected chi connectivity index (χ3v) is 3.30. The van der Waals surface area contributed by atoms with Gasteiger partial charge in [-0.25, -0.2) is 4.79 Å². The average molecular weight is 275 g/mol. The Morgan fingerprint density at radius 3 is 2.45 bits per heavy atom. The van der Waals surface area contributed by atoms with Crippen LogP contribution in [0.4, 0.5) is 5.82 Å². The van der Waals surface area contributed by atoms with Gasteiger partial charge in [-0.2, -0.15) is 10.1 Å². The van der Waals surface area contributed by atoms with Crippen molar-refractivity contribution in [2.45, 2.75) is 34.1 Å². The lowest BCUT2D eigenvalue weighted by Crippen LogP contribution is -2.21. The lowest BCUT2D eigenvalue weighted by Gasteiger charge is -2.08. The second kappa shape index (κ2) is 5.28. The van der Waals surface area contributed by atoms with Crippen LogP contribution in [0.1, 0.15) is 28.2 Å². The zero-order valence-corrected chi connectivity index (χ0v) is 11.9. The van der Waals surface area contributed by atoms with Gasteiger partial charge in [-0.1, -0.05) is 0 Å². The summed E-state index contributed by atoms with van der Waals surface area (Å²) in [5, 5.41) is 9.58. The van der Waals surface area contributed by atoms with Gasteiger partial charge in [0, 0.05) is 28.2 Å². The first kappa shape index (κ1) is 14.0. The molecule has 0 saturated carbocycles. The van der Waals surface area contributed by atoms with Gasteiger partial charge in [-0.3, -0.25) is 9.89 Å². The van der Waals surface area contributed by atoms with Crippen LogP contribution < -0.4 is 11.0 Å². The van der Waals surface area contributed by atoms with Gasteiger partial charge in [0.1, 0.15) is 0 Å². The third kappa shape index (κ3) is 2.76. The number of hydrogen-bond acceptors (Lipinski definition) is 4. The maximum absolute atomic E-state index is 12.0. The van der Waals surface area contributed by atoms with Gasteiger partial charge < -0.3 is 10.3 Å². The Morgan fingerprint density at radius 2 is 1.90 bits per heavy atom. The fraction of sp³-hybridized carbons (Fsp3) is 0.385. The maximum atomic E-state index is 12.0. The Balaban J connectivity index is 2.17. The predicted octanol–water partition coefficient (Wildman–Crippen LogP) is 0.908. The molecular weight excluding hydrogens is 258 g/mol. The zero-order chi connectivity index (χ0) is 14.9. The topological polar surface area (TPSA) is 104 Å². The number of aryl methyl sites for hydroxylation is 3. The normalized spacial score (nSPS) is 10.6. The number of aromatic amines is 2. The van der Waals surface area contributed by atoms with E-state index in [4.69, 9.17) is 0 Å². The number of carbonyl (C=O) groups is 1. The fourth-order valence-corrected chi connectivity index (χ4v) is 1.96. The van der Waals surface area contributed by atoms with Gasteiger partial charge in [0.2, 0.25) is 5.91 Å². The Kier molecular flexibility index (Phi) is 3.69. The highest BCUT2D eigenvalue weighted by Gasteiger charge is 2.13. The first-order valence-electron chi connectivity index (χ1n) is 6.26. The molecule has 0 aliphatic heterocycles. The smallest absolute Gasteiger partial charge is 0.310 e. The molecule has 3 N–H and O–H groups in total. The maximum Gasteiger partial charge on any atom is 0.345 e. The predicted molar refractivity (Wildman–Crippen MR) is 74.7 cm³/mol. The molecule has 0 bridgehead atoms. The quantitative estimate of drug-likeness (QED) is 0.774. The van der Waals surface area contributed by atoms with E-state index in [1.807, 2.05) is 13.8 Å². The van der Waals surface area contributed by atoms with Crippen molar-refractivity contribution in [3.63, 3.8) is 0 Å². The number of carbonyl (C=O) groups excluding carboxylic acids is 1. The molecule has 0 aromatic carbocycles.